The number of terminal acetylenes is 1. The van der Waals surface area contributed by atoms with E-state index in [1.807, 2.05) is 0 Å². The van der Waals surface area contributed by atoms with E-state index in [1.165, 1.54) is 31.4 Å². The molecule has 10 nitrogen and oxygen atoms in total. The molecule has 4 heterocycles. The van der Waals surface area contributed by atoms with E-state index in [4.69, 9.17) is 20.9 Å². The first-order valence-electron chi connectivity index (χ1n) is 16.2. The summed E-state index contributed by atoms with van der Waals surface area (Å²) in [4.78, 5) is 18.0. The molecule has 2 aromatic heterocycles. The van der Waals surface area contributed by atoms with Crippen LogP contribution in [0.3, 0.4) is 0 Å². The van der Waals surface area contributed by atoms with Gasteiger partial charge in [-0.15, -0.1) is 6.42 Å². The van der Waals surface area contributed by atoms with Crippen LogP contribution in [0.5, 0.6) is 17.6 Å². The monoisotopic (exact) mass is 677 g/mol. The van der Waals surface area contributed by atoms with Gasteiger partial charge in [-0.25, -0.2) is 22.2 Å². The van der Waals surface area contributed by atoms with Crippen LogP contribution in [0.4, 0.5) is 14.6 Å². The minimum absolute atomic E-state index is 0.0276. The summed E-state index contributed by atoms with van der Waals surface area (Å²) in [7, 11) is 0.233. The van der Waals surface area contributed by atoms with E-state index < -0.39 is 21.5 Å². The molecule has 4 aromatic rings. The Morgan fingerprint density at radius 1 is 1.06 bits per heavy atom. The second-order valence-corrected chi connectivity index (χ2v) is 15.4. The van der Waals surface area contributed by atoms with Gasteiger partial charge in [0.2, 0.25) is 5.88 Å². The number of benzene rings is 2. The lowest BCUT2D eigenvalue weighted by molar-refractivity contribution is 0.0133. The minimum atomic E-state index is -3.28. The van der Waals surface area contributed by atoms with Crippen LogP contribution in [-0.4, -0.2) is 91.3 Å². The van der Waals surface area contributed by atoms with Gasteiger partial charge in [0.05, 0.1) is 30.8 Å². The van der Waals surface area contributed by atoms with Crippen LogP contribution < -0.4 is 14.4 Å². The number of likely N-dealkylation sites (tertiary alicyclic amines) is 1. The zero-order chi connectivity index (χ0) is 33.8. The maximum absolute atomic E-state index is 17.0. The molecule has 1 aliphatic carbocycles. The summed E-state index contributed by atoms with van der Waals surface area (Å²) in [6.07, 6.45) is 11.3. The highest BCUT2D eigenvalue weighted by Crippen LogP contribution is 2.48. The second-order valence-electron chi connectivity index (χ2n) is 13.1. The summed E-state index contributed by atoms with van der Waals surface area (Å²) >= 11 is 0. The van der Waals surface area contributed by atoms with Gasteiger partial charge in [0.25, 0.3) is 0 Å². The van der Waals surface area contributed by atoms with Gasteiger partial charge in [0, 0.05) is 35.5 Å². The van der Waals surface area contributed by atoms with Crippen molar-refractivity contribution in [3.8, 4) is 41.2 Å². The largest absolute Gasteiger partial charge is 0.508 e. The van der Waals surface area contributed by atoms with Gasteiger partial charge in [-0.05, 0) is 69.3 Å². The van der Waals surface area contributed by atoms with Crippen LogP contribution in [0, 0.1) is 29.4 Å². The number of hydrogen-bond acceptors (Lipinski definition) is 10. The fraction of sp³-hybridized carbons (Fsp3) is 0.457. The summed E-state index contributed by atoms with van der Waals surface area (Å²) < 4.78 is 69.1. The highest BCUT2D eigenvalue weighted by atomic mass is 32.2. The zero-order valence-corrected chi connectivity index (χ0v) is 27.7. The van der Waals surface area contributed by atoms with Crippen LogP contribution in [0.2, 0.25) is 0 Å². The summed E-state index contributed by atoms with van der Waals surface area (Å²) in [5.74, 6) is 0.735. The number of nitrogens with zero attached hydrogens (tertiary/aromatic N) is 5. The van der Waals surface area contributed by atoms with Crippen molar-refractivity contribution in [2.75, 3.05) is 56.8 Å². The van der Waals surface area contributed by atoms with E-state index in [0.717, 1.165) is 38.6 Å². The quantitative estimate of drug-likeness (QED) is 0.277. The second kappa shape index (κ2) is 12.3. The summed E-state index contributed by atoms with van der Waals surface area (Å²) in [6.45, 7) is 1.84. The van der Waals surface area contributed by atoms with Crippen molar-refractivity contribution in [1.29, 1.82) is 0 Å². The molecule has 0 unspecified atom stereocenters. The Morgan fingerprint density at radius 3 is 2.67 bits per heavy atom. The molecule has 7 rings (SSSR count). The van der Waals surface area contributed by atoms with Crippen molar-refractivity contribution in [3.63, 3.8) is 0 Å². The molecule has 13 heteroatoms. The van der Waals surface area contributed by atoms with E-state index in [-0.39, 0.29) is 80.0 Å². The third-order valence-electron chi connectivity index (χ3n) is 10.3. The predicted molar refractivity (Wildman–Crippen MR) is 179 cm³/mol. The molecule has 3 aliphatic rings. The molecule has 1 saturated carbocycles. The standard InChI is InChI=1S/C35H37F2N5O5S/c1-4-23-25(36)10-9-21-18-22(43)19-24(27(21)23)30-29(37)31-28(33(38-30)46-3)32(42-14-7-16-48(44,45)17-15-42)40-34(39-31)47-20-35-11-5-8-26(35)41(2)13-6-12-35/h1,9-10,18-19,26,43H,5-8,11-17,20H2,2-3H3/t26-,35-/m1/s1. The summed E-state index contributed by atoms with van der Waals surface area (Å²) in [5.41, 5.74) is -0.571. The number of phenols is 1. The number of fused-ring (bicyclic) bond motifs is 3. The first-order valence-corrected chi connectivity index (χ1v) is 18.0. The lowest BCUT2D eigenvalue weighted by atomic mass is 9.76. The highest BCUT2D eigenvalue weighted by molar-refractivity contribution is 7.91. The van der Waals surface area contributed by atoms with E-state index >= 15 is 4.39 Å². The molecular weight excluding hydrogens is 640 g/mol. The summed E-state index contributed by atoms with van der Waals surface area (Å²) in [6, 6.07) is 5.63. The van der Waals surface area contributed by atoms with Crippen LogP contribution in [0.25, 0.3) is 32.9 Å². The molecule has 0 radical (unpaired) electrons. The van der Waals surface area contributed by atoms with Gasteiger partial charge >= 0.3 is 6.01 Å². The molecule has 2 saturated heterocycles. The Balaban J connectivity index is 1.43. The van der Waals surface area contributed by atoms with Crippen LogP contribution in [-0.2, 0) is 9.84 Å². The number of anilines is 1. The number of sulfone groups is 1. The Bertz CT molecular complexity index is 2090. The van der Waals surface area contributed by atoms with Crippen LogP contribution in [0.1, 0.15) is 44.1 Å². The molecule has 0 spiro atoms. The molecule has 2 atom stereocenters. The Morgan fingerprint density at radius 2 is 1.88 bits per heavy atom. The Hall–Kier alpha value is -4.28. The van der Waals surface area contributed by atoms with E-state index in [0.29, 0.717) is 31.0 Å². The van der Waals surface area contributed by atoms with Crippen molar-refractivity contribution < 1.29 is 31.8 Å². The maximum Gasteiger partial charge on any atom is 0.319 e. The lowest BCUT2D eigenvalue weighted by Gasteiger charge is -2.44. The molecule has 3 fully saturated rings. The SMILES string of the molecule is C#Cc1c(F)ccc2cc(O)cc(-c3nc(OC)c4c(N5CCCS(=O)(=O)CC5)nc(OC[C@]56CCC[C@H]5N(C)CCC6)nc4c3F)c12. The highest BCUT2D eigenvalue weighted by Gasteiger charge is 2.47. The van der Waals surface area contributed by atoms with E-state index in [1.54, 1.807) is 4.90 Å². The van der Waals surface area contributed by atoms with Crippen molar-refractivity contribution >= 4 is 37.3 Å². The van der Waals surface area contributed by atoms with Crippen molar-refractivity contribution in [3.05, 3.63) is 41.5 Å². The van der Waals surface area contributed by atoms with Gasteiger partial charge in [-0.3, -0.25) is 0 Å². The molecule has 1 N–H and O–H groups in total. The minimum Gasteiger partial charge on any atom is -0.508 e. The molecule has 0 bridgehead atoms. The molecule has 2 aromatic carbocycles. The smallest absolute Gasteiger partial charge is 0.319 e. The number of aromatic nitrogens is 3. The first kappa shape index (κ1) is 32.3. The fourth-order valence-corrected chi connectivity index (χ4v) is 9.28. The average molecular weight is 678 g/mol. The van der Waals surface area contributed by atoms with Crippen molar-refractivity contribution in [2.24, 2.45) is 5.41 Å². The van der Waals surface area contributed by atoms with Crippen molar-refractivity contribution in [2.45, 2.75) is 44.6 Å². The molecule has 48 heavy (non-hydrogen) atoms. The Kier molecular flexibility index (Phi) is 8.28. The average Bonchev–Trinajstić information content (AvgIpc) is 3.42. The number of hydrogen-bond donors (Lipinski definition) is 1. The van der Waals surface area contributed by atoms with Gasteiger partial charge < -0.3 is 24.4 Å². The number of methoxy groups -OCH3 is 1. The first-order chi connectivity index (χ1) is 23.0. The Labute approximate surface area is 278 Å². The van der Waals surface area contributed by atoms with E-state index in [2.05, 4.69) is 27.8 Å². The van der Waals surface area contributed by atoms with Gasteiger partial charge in [-0.1, -0.05) is 18.4 Å². The topological polar surface area (TPSA) is 118 Å². The van der Waals surface area contributed by atoms with Crippen molar-refractivity contribution in [1.82, 2.24) is 19.9 Å². The normalized spacial score (nSPS) is 22.7. The van der Waals surface area contributed by atoms with Gasteiger partial charge in [0.15, 0.2) is 15.7 Å². The predicted octanol–water partition coefficient (Wildman–Crippen LogP) is 5.09. The van der Waals surface area contributed by atoms with Gasteiger partial charge in [0.1, 0.15) is 34.0 Å². The maximum atomic E-state index is 17.0. The van der Waals surface area contributed by atoms with Gasteiger partial charge in [-0.2, -0.15) is 9.97 Å². The zero-order valence-electron chi connectivity index (χ0n) is 26.9. The number of halogens is 2. The molecule has 2 aliphatic heterocycles. The summed E-state index contributed by atoms with van der Waals surface area (Å²) in [5, 5.41) is 11.3. The third-order valence-corrected chi connectivity index (χ3v) is 12.0. The number of piperidine rings is 1. The molecular formula is C35H37F2N5O5S. The molecule has 252 valence electrons. The molecule has 0 amide bonds. The number of pyridine rings is 1. The number of aromatic hydroxyl groups is 1. The van der Waals surface area contributed by atoms with Crippen LogP contribution in [0.15, 0.2) is 24.3 Å². The fourth-order valence-electron chi connectivity index (χ4n) is 8.01. The number of rotatable bonds is 6. The third kappa shape index (κ3) is 5.54. The number of phenolic OH excluding ortho intramolecular Hbond substituents is 1. The lowest BCUT2D eigenvalue weighted by Crippen LogP contribution is -2.50. The number of ether oxygens (including phenoxy) is 2. The van der Waals surface area contributed by atoms with E-state index in [9.17, 15) is 17.9 Å². The van der Waals surface area contributed by atoms with Crippen LogP contribution >= 0.6 is 0 Å².